The summed E-state index contributed by atoms with van der Waals surface area (Å²) in [5.41, 5.74) is 6.99. The van der Waals surface area contributed by atoms with E-state index in [4.69, 9.17) is 15.2 Å². The summed E-state index contributed by atoms with van der Waals surface area (Å²) in [6, 6.07) is 5.35. The van der Waals surface area contributed by atoms with E-state index in [0.29, 0.717) is 24.3 Å². The van der Waals surface area contributed by atoms with E-state index in [1.165, 1.54) is 0 Å². The average molecular weight is 250 g/mol. The molecule has 2 rings (SSSR count). The Morgan fingerprint density at radius 3 is 2.67 bits per heavy atom. The van der Waals surface area contributed by atoms with Crippen LogP contribution in [0.25, 0.3) is 0 Å². The number of methoxy groups -OCH3 is 2. The second kappa shape index (κ2) is 5.27. The number of benzene rings is 1. The summed E-state index contributed by atoms with van der Waals surface area (Å²) in [5, 5.41) is 2.91. The average Bonchev–Trinajstić information content (AvgIpc) is 2.40. The number of nitrogens with two attached hydrogens (primary N) is 1. The van der Waals surface area contributed by atoms with Crippen LogP contribution in [0.4, 0.5) is 0 Å². The van der Waals surface area contributed by atoms with E-state index < -0.39 is 0 Å². The molecule has 0 radical (unpaired) electrons. The number of carbonyl (C=O) groups is 1. The first-order valence-corrected chi connectivity index (χ1v) is 5.92. The molecule has 1 fully saturated rings. The van der Waals surface area contributed by atoms with Crippen molar-refractivity contribution in [2.24, 2.45) is 5.73 Å². The van der Waals surface area contributed by atoms with Crippen LogP contribution in [-0.4, -0.2) is 26.2 Å². The normalized spacial score (nSPS) is 23.4. The van der Waals surface area contributed by atoms with Crippen molar-refractivity contribution in [2.75, 3.05) is 14.2 Å². The molecule has 0 unspecified atom stereocenters. The lowest BCUT2D eigenvalue weighted by Gasteiger charge is -2.30. The molecule has 1 saturated heterocycles. The van der Waals surface area contributed by atoms with Gasteiger partial charge in [-0.1, -0.05) is 6.07 Å². The monoisotopic (exact) mass is 250 g/mol. The second-order valence-corrected chi connectivity index (χ2v) is 4.36. The molecule has 98 valence electrons. The topological polar surface area (TPSA) is 73.6 Å². The van der Waals surface area contributed by atoms with Crippen LogP contribution >= 0.6 is 0 Å². The second-order valence-electron chi connectivity index (χ2n) is 4.36. The Balaban J connectivity index is 2.29. The van der Waals surface area contributed by atoms with Gasteiger partial charge in [0.1, 0.15) is 0 Å². The summed E-state index contributed by atoms with van der Waals surface area (Å²) in [7, 11) is 3.17. The predicted molar refractivity (Wildman–Crippen MR) is 67.6 cm³/mol. The molecular weight excluding hydrogens is 232 g/mol. The number of hydrogen-bond acceptors (Lipinski definition) is 4. The summed E-state index contributed by atoms with van der Waals surface area (Å²) < 4.78 is 10.4. The molecule has 1 aliphatic rings. The van der Waals surface area contributed by atoms with Crippen molar-refractivity contribution in [1.82, 2.24) is 5.32 Å². The van der Waals surface area contributed by atoms with Crippen molar-refractivity contribution in [3.63, 3.8) is 0 Å². The molecule has 5 nitrogen and oxygen atoms in total. The Morgan fingerprint density at radius 2 is 2.00 bits per heavy atom. The summed E-state index contributed by atoms with van der Waals surface area (Å²) in [5.74, 6) is 1.34. The molecule has 0 spiro atoms. The maximum absolute atomic E-state index is 11.4. The maximum Gasteiger partial charge on any atom is 0.220 e. The van der Waals surface area contributed by atoms with Gasteiger partial charge in [0.15, 0.2) is 11.5 Å². The third kappa shape index (κ3) is 2.41. The van der Waals surface area contributed by atoms with Gasteiger partial charge in [-0.25, -0.2) is 0 Å². The lowest BCUT2D eigenvalue weighted by atomic mass is 9.92. The molecule has 1 aromatic carbocycles. The number of hydrogen-bond donors (Lipinski definition) is 2. The van der Waals surface area contributed by atoms with E-state index in [1.54, 1.807) is 14.2 Å². The first-order chi connectivity index (χ1) is 8.65. The summed E-state index contributed by atoms with van der Waals surface area (Å²) in [4.78, 5) is 11.4. The number of carbonyl (C=O) groups excluding carboxylic acids is 1. The molecule has 5 heteroatoms. The van der Waals surface area contributed by atoms with Gasteiger partial charge in [0.05, 0.1) is 20.3 Å². The smallest absolute Gasteiger partial charge is 0.220 e. The van der Waals surface area contributed by atoms with Gasteiger partial charge in [-0.3, -0.25) is 4.79 Å². The van der Waals surface area contributed by atoms with Gasteiger partial charge in [-0.05, 0) is 24.1 Å². The van der Waals surface area contributed by atoms with E-state index in [2.05, 4.69) is 5.32 Å². The van der Waals surface area contributed by atoms with Crippen LogP contribution in [0, 0.1) is 0 Å². The van der Waals surface area contributed by atoms with E-state index in [9.17, 15) is 4.79 Å². The molecule has 0 aliphatic carbocycles. The zero-order valence-corrected chi connectivity index (χ0v) is 10.6. The van der Waals surface area contributed by atoms with Crippen LogP contribution < -0.4 is 20.5 Å². The fraction of sp³-hybridized carbons (Fsp3) is 0.462. The fourth-order valence-electron chi connectivity index (χ4n) is 2.19. The van der Waals surface area contributed by atoms with Crippen molar-refractivity contribution < 1.29 is 14.3 Å². The Morgan fingerprint density at radius 1 is 1.28 bits per heavy atom. The Hall–Kier alpha value is -1.75. The highest BCUT2D eigenvalue weighted by atomic mass is 16.5. The highest BCUT2D eigenvalue weighted by Gasteiger charge is 2.27. The lowest BCUT2D eigenvalue weighted by Crippen LogP contribution is -2.45. The van der Waals surface area contributed by atoms with Crippen LogP contribution in [0.1, 0.15) is 24.4 Å². The van der Waals surface area contributed by atoms with Gasteiger partial charge < -0.3 is 20.5 Å². The summed E-state index contributed by atoms with van der Waals surface area (Å²) >= 11 is 0. The third-order valence-electron chi connectivity index (χ3n) is 3.22. The van der Waals surface area contributed by atoms with Crippen LogP contribution in [-0.2, 0) is 4.79 Å². The lowest BCUT2D eigenvalue weighted by molar-refractivity contribution is -0.123. The van der Waals surface area contributed by atoms with Gasteiger partial charge in [0, 0.05) is 12.5 Å². The molecule has 1 aliphatic heterocycles. The summed E-state index contributed by atoms with van der Waals surface area (Å²) in [6.45, 7) is 0. The van der Waals surface area contributed by atoms with Gasteiger partial charge in [0.2, 0.25) is 5.91 Å². The van der Waals surface area contributed by atoms with E-state index >= 15 is 0 Å². The summed E-state index contributed by atoms with van der Waals surface area (Å²) in [6.07, 6.45) is 1.19. The van der Waals surface area contributed by atoms with Crippen molar-refractivity contribution >= 4 is 5.91 Å². The Kier molecular flexibility index (Phi) is 3.72. The first-order valence-electron chi connectivity index (χ1n) is 5.92. The molecular formula is C13H18N2O3. The van der Waals surface area contributed by atoms with Crippen LogP contribution in [0.5, 0.6) is 11.5 Å². The van der Waals surface area contributed by atoms with Gasteiger partial charge in [0.25, 0.3) is 0 Å². The van der Waals surface area contributed by atoms with Crippen molar-refractivity contribution in [3.8, 4) is 11.5 Å². The van der Waals surface area contributed by atoms with Crippen LogP contribution in [0.15, 0.2) is 18.2 Å². The molecule has 2 atom stereocenters. The van der Waals surface area contributed by atoms with E-state index in [-0.39, 0.29) is 18.0 Å². The molecule has 1 heterocycles. The largest absolute Gasteiger partial charge is 0.493 e. The minimum Gasteiger partial charge on any atom is -0.493 e. The van der Waals surface area contributed by atoms with Crippen molar-refractivity contribution in [3.05, 3.63) is 23.8 Å². The van der Waals surface area contributed by atoms with Gasteiger partial charge in [-0.15, -0.1) is 0 Å². The molecule has 1 aromatic rings. The minimum absolute atomic E-state index is 0.0384. The quantitative estimate of drug-likeness (QED) is 0.838. The van der Waals surface area contributed by atoms with Crippen molar-refractivity contribution in [2.45, 2.75) is 24.9 Å². The minimum atomic E-state index is -0.161. The Bertz CT molecular complexity index is 448. The predicted octanol–water partition coefficient (Wildman–Crippen LogP) is 0.982. The number of piperidine rings is 1. The molecule has 18 heavy (non-hydrogen) atoms. The number of ether oxygens (including phenoxy) is 2. The molecule has 3 N–H and O–H groups in total. The maximum atomic E-state index is 11.4. The molecule has 1 amide bonds. The van der Waals surface area contributed by atoms with Crippen LogP contribution in [0.2, 0.25) is 0 Å². The first kappa shape index (κ1) is 12.7. The van der Waals surface area contributed by atoms with Gasteiger partial charge >= 0.3 is 0 Å². The highest BCUT2D eigenvalue weighted by Crippen LogP contribution is 2.32. The molecule has 0 saturated carbocycles. The fourth-order valence-corrected chi connectivity index (χ4v) is 2.19. The zero-order valence-electron chi connectivity index (χ0n) is 10.6. The third-order valence-corrected chi connectivity index (χ3v) is 3.22. The number of nitrogens with one attached hydrogen (secondary N) is 1. The van der Waals surface area contributed by atoms with Crippen LogP contribution in [0.3, 0.4) is 0 Å². The van der Waals surface area contributed by atoms with E-state index in [0.717, 1.165) is 5.56 Å². The Labute approximate surface area is 106 Å². The molecule has 0 bridgehead atoms. The number of amides is 1. The van der Waals surface area contributed by atoms with Gasteiger partial charge in [-0.2, -0.15) is 0 Å². The highest BCUT2D eigenvalue weighted by molar-refractivity contribution is 5.77. The van der Waals surface area contributed by atoms with Crippen molar-refractivity contribution in [1.29, 1.82) is 0 Å². The van der Waals surface area contributed by atoms with E-state index in [1.807, 2.05) is 18.2 Å². The standard InChI is InChI=1S/C13H18N2O3/c1-17-10-5-3-8(7-11(10)18-2)13-9(14)4-6-12(16)15-13/h3,5,7,9,13H,4,6,14H2,1-2H3,(H,15,16)/t9-,13+/m0/s1. The molecule has 0 aromatic heterocycles. The SMILES string of the molecule is COc1ccc([C@H]2NC(=O)CC[C@@H]2N)cc1OC. The zero-order chi connectivity index (χ0) is 13.1. The number of rotatable bonds is 3.